The minimum absolute atomic E-state index is 0.335. The van der Waals surface area contributed by atoms with Gasteiger partial charge in [-0.2, -0.15) is 0 Å². The van der Waals surface area contributed by atoms with E-state index >= 15 is 0 Å². The third-order valence-electron chi connectivity index (χ3n) is 4.26. The van der Waals surface area contributed by atoms with Gasteiger partial charge in [-0.1, -0.05) is 11.6 Å². The molecule has 1 aromatic carbocycles. The van der Waals surface area contributed by atoms with Crippen LogP contribution in [0.5, 0.6) is 11.5 Å². The maximum Gasteiger partial charge on any atom is 0.166 e. The Morgan fingerprint density at radius 3 is 2.67 bits per heavy atom. The van der Waals surface area contributed by atoms with Crippen LogP contribution in [0.1, 0.15) is 24.8 Å². The van der Waals surface area contributed by atoms with Crippen LogP contribution in [0.3, 0.4) is 0 Å². The third-order valence-corrected chi connectivity index (χ3v) is 4.47. The molecule has 1 saturated carbocycles. The minimum Gasteiger partial charge on any atom is -0.493 e. The molecule has 1 aliphatic carbocycles. The third kappa shape index (κ3) is 3.62. The highest BCUT2D eigenvalue weighted by Crippen LogP contribution is 2.38. The molecule has 116 valence electrons. The Balaban J connectivity index is 1.82. The molecule has 3 rings (SSSR count). The molecule has 0 radical (unpaired) electrons. The van der Waals surface area contributed by atoms with E-state index in [9.17, 15) is 0 Å². The maximum absolute atomic E-state index is 6.24. The molecule has 0 atom stereocenters. The van der Waals surface area contributed by atoms with Gasteiger partial charge in [0.05, 0.1) is 13.2 Å². The van der Waals surface area contributed by atoms with Crippen LogP contribution < -0.4 is 14.8 Å². The molecular formula is C16H23ClN2O2. The first-order valence-corrected chi connectivity index (χ1v) is 8.10. The van der Waals surface area contributed by atoms with E-state index < -0.39 is 0 Å². The van der Waals surface area contributed by atoms with Gasteiger partial charge < -0.3 is 14.8 Å². The summed E-state index contributed by atoms with van der Waals surface area (Å²) in [5, 5.41) is 4.08. The molecule has 1 N–H and O–H groups in total. The monoisotopic (exact) mass is 310 g/mol. The molecule has 1 aromatic rings. The normalized spacial score (nSPS) is 20.1. The van der Waals surface area contributed by atoms with Gasteiger partial charge >= 0.3 is 0 Å². The van der Waals surface area contributed by atoms with Gasteiger partial charge in [0.15, 0.2) is 11.5 Å². The molecule has 5 heteroatoms. The number of piperazine rings is 1. The summed E-state index contributed by atoms with van der Waals surface area (Å²) in [6.07, 6.45) is 3.87. The smallest absolute Gasteiger partial charge is 0.166 e. The molecule has 0 spiro atoms. The van der Waals surface area contributed by atoms with Gasteiger partial charge in [-0.05, 0) is 25.3 Å². The highest BCUT2D eigenvalue weighted by Gasteiger charge is 2.24. The number of benzene rings is 1. The summed E-state index contributed by atoms with van der Waals surface area (Å²) >= 11 is 6.24. The second-order valence-corrected chi connectivity index (χ2v) is 6.23. The Labute approximate surface area is 131 Å². The van der Waals surface area contributed by atoms with E-state index in [1.165, 1.54) is 6.42 Å². The molecule has 4 nitrogen and oxygen atoms in total. The summed E-state index contributed by atoms with van der Waals surface area (Å²) in [7, 11) is 1.67. The number of hydrogen-bond acceptors (Lipinski definition) is 4. The largest absolute Gasteiger partial charge is 0.493 e. The number of nitrogens with one attached hydrogen (secondary N) is 1. The molecule has 0 amide bonds. The molecule has 1 heterocycles. The fourth-order valence-corrected chi connectivity index (χ4v) is 3.02. The average molecular weight is 311 g/mol. The number of nitrogens with zero attached hydrogens (tertiary/aromatic N) is 1. The molecular weight excluding hydrogens is 288 g/mol. The fourth-order valence-electron chi connectivity index (χ4n) is 2.79. The van der Waals surface area contributed by atoms with Gasteiger partial charge in [0.2, 0.25) is 0 Å². The van der Waals surface area contributed by atoms with Gasteiger partial charge in [0, 0.05) is 49.4 Å². The first-order chi connectivity index (χ1) is 10.3. The van der Waals surface area contributed by atoms with E-state index in [2.05, 4.69) is 10.2 Å². The van der Waals surface area contributed by atoms with Crippen molar-refractivity contribution in [2.24, 2.45) is 0 Å². The minimum atomic E-state index is 0.335. The molecule has 0 bridgehead atoms. The first kappa shape index (κ1) is 14.9. The van der Waals surface area contributed by atoms with Crippen molar-refractivity contribution >= 4 is 11.6 Å². The summed E-state index contributed by atoms with van der Waals surface area (Å²) < 4.78 is 11.7. The lowest BCUT2D eigenvalue weighted by atomic mass is 9.96. The second kappa shape index (κ2) is 6.86. The van der Waals surface area contributed by atoms with Crippen LogP contribution in [-0.4, -0.2) is 44.3 Å². The van der Waals surface area contributed by atoms with Crippen molar-refractivity contribution < 1.29 is 9.47 Å². The van der Waals surface area contributed by atoms with Crippen LogP contribution in [0.4, 0.5) is 0 Å². The maximum atomic E-state index is 6.24. The SMILES string of the molecule is COc1cc(Cl)cc(CN2CCNCC2)c1OC1CCC1. The van der Waals surface area contributed by atoms with Gasteiger partial charge in [0.1, 0.15) is 0 Å². The van der Waals surface area contributed by atoms with E-state index in [0.29, 0.717) is 11.1 Å². The Kier molecular flexibility index (Phi) is 4.88. The van der Waals surface area contributed by atoms with Gasteiger partial charge in [0.25, 0.3) is 0 Å². The van der Waals surface area contributed by atoms with Gasteiger partial charge in [-0.25, -0.2) is 0 Å². The van der Waals surface area contributed by atoms with Crippen LogP contribution in [0.2, 0.25) is 5.02 Å². The van der Waals surface area contributed by atoms with E-state index in [4.69, 9.17) is 21.1 Å². The van der Waals surface area contributed by atoms with Crippen LogP contribution in [0.25, 0.3) is 0 Å². The summed E-state index contributed by atoms with van der Waals surface area (Å²) in [4.78, 5) is 2.43. The predicted molar refractivity (Wildman–Crippen MR) is 84.4 cm³/mol. The van der Waals surface area contributed by atoms with Gasteiger partial charge in [-0.3, -0.25) is 4.90 Å². The highest BCUT2D eigenvalue weighted by atomic mass is 35.5. The van der Waals surface area contributed by atoms with Crippen LogP contribution in [-0.2, 0) is 6.54 Å². The number of rotatable bonds is 5. The summed E-state index contributed by atoms with van der Waals surface area (Å²) in [6, 6.07) is 3.86. The summed E-state index contributed by atoms with van der Waals surface area (Å²) in [5.41, 5.74) is 1.13. The standard InChI is InChI=1S/C16H23ClN2O2/c1-20-15-10-13(17)9-12(11-19-7-5-18-6-8-19)16(15)21-14-3-2-4-14/h9-10,14,18H,2-8,11H2,1H3. The molecule has 1 aliphatic heterocycles. The zero-order valence-corrected chi connectivity index (χ0v) is 13.3. The average Bonchev–Trinajstić information content (AvgIpc) is 2.45. The van der Waals surface area contributed by atoms with Crippen LogP contribution >= 0.6 is 11.6 Å². The van der Waals surface area contributed by atoms with E-state index in [-0.39, 0.29) is 0 Å². The van der Waals surface area contributed by atoms with Crippen molar-refractivity contribution in [1.29, 1.82) is 0 Å². The van der Waals surface area contributed by atoms with Crippen molar-refractivity contribution in [1.82, 2.24) is 10.2 Å². The van der Waals surface area contributed by atoms with Crippen LogP contribution in [0, 0.1) is 0 Å². The van der Waals surface area contributed by atoms with Crippen molar-refractivity contribution in [3.05, 3.63) is 22.7 Å². The van der Waals surface area contributed by atoms with E-state index in [1.807, 2.05) is 12.1 Å². The quantitative estimate of drug-likeness (QED) is 0.906. The lowest BCUT2D eigenvalue weighted by molar-refractivity contribution is 0.112. The summed E-state index contributed by atoms with van der Waals surface area (Å²) in [5.74, 6) is 1.63. The van der Waals surface area contributed by atoms with E-state index in [1.54, 1.807) is 7.11 Å². The van der Waals surface area contributed by atoms with Crippen molar-refractivity contribution in [2.45, 2.75) is 31.9 Å². The summed E-state index contributed by atoms with van der Waals surface area (Å²) in [6.45, 7) is 5.04. The lowest BCUT2D eigenvalue weighted by Crippen LogP contribution is -2.43. The first-order valence-electron chi connectivity index (χ1n) is 7.72. The number of halogens is 1. The van der Waals surface area contributed by atoms with E-state index in [0.717, 1.165) is 62.6 Å². The topological polar surface area (TPSA) is 33.7 Å². The zero-order chi connectivity index (χ0) is 14.7. The Morgan fingerprint density at radius 1 is 1.29 bits per heavy atom. The number of hydrogen-bond donors (Lipinski definition) is 1. The number of methoxy groups -OCH3 is 1. The zero-order valence-electron chi connectivity index (χ0n) is 12.5. The Bertz CT molecular complexity index is 485. The molecule has 2 fully saturated rings. The molecule has 0 aromatic heterocycles. The second-order valence-electron chi connectivity index (χ2n) is 5.79. The molecule has 1 saturated heterocycles. The van der Waals surface area contributed by atoms with Crippen molar-refractivity contribution in [3.8, 4) is 11.5 Å². The van der Waals surface area contributed by atoms with Crippen molar-refractivity contribution in [3.63, 3.8) is 0 Å². The Hall–Kier alpha value is -0.970. The lowest BCUT2D eigenvalue weighted by Gasteiger charge is -2.31. The molecule has 0 unspecified atom stereocenters. The van der Waals surface area contributed by atoms with Crippen molar-refractivity contribution in [2.75, 3.05) is 33.3 Å². The predicted octanol–water partition coefficient (Wildman–Crippen LogP) is 2.69. The highest BCUT2D eigenvalue weighted by molar-refractivity contribution is 6.30. The Morgan fingerprint density at radius 2 is 2.05 bits per heavy atom. The molecule has 2 aliphatic rings. The van der Waals surface area contributed by atoms with Gasteiger partial charge in [-0.15, -0.1) is 0 Å². The van der Waals surface area contributed by atoms with Crippen LogP contribution in [0.15, 0.2) is 12.1 Å². The molecule has 21 heavy (non-hydrogen) atoms. The number of ether oxygens (including phenoxy) is 2. The fraction of sp³-hybridized carbons (Fsp3) is 0.625.